The molecule has 1 aliphatic carbocycles. The van der Waals surface area contributed by atoms with Crippen molar-refractivity contribution in [2.45, 2.75) is 13.8 Å². The van der Waals surface area contributed by atoms with Crippen LogP contribution in [0.4, 0.5) is 4.79 Å². The summed E-state index contributed by atoms with van der Waals surface area (Å²) in [7, 11) is 0. The van der Waals surface area contributed by atoms with Crippen molar-refractivity contribution in [3.05, 3.63) is 63.1 Å². The Morgan fingerprint density at radius 3 is 1.93 bits per heavy atom. The fourth-order valence-corrected chi connectivity index (χ4v) is 5.59. The molecule has 4 rings (SSSR count). The molecule has 2 aliphatic rings. The summed E-state index contributed by atoms with van der Waals surface area (Å²) in [6, 6.07) is 10.1. The van der Waals surface area contributed by atoms with Gasteiger partial charge in [-0.05, 0) is 52.7 Å². The van der Waals surface area contributed by atoms with Gasteiger partial charge < -0.3 is 0 Å². The molecular formula is C21H16Cl2N2O3S2. The number of halogens is 2. The molecule has 154 valence electrons. The Labute approximate surface area is 192 Å². The number of benzene rings is 2. The zero-order valence-electron chi connectivity index (χ0n) is 16.1. The van der Waals surface area contributed by atoms with E-state index in [0.29, 0.717) is 38.3 Å². The summed E-state index contributed by atoms with van der Waals surface area (Å²) in [5, 5.41) is 0.836. The highest BCUT2D eigenvalue weighted by Crippen LogP contribution is 2.50. The van der Waals surface area contributed by atoms with E-state index in [2.05, 4.69) is 0 Å². The van der Waals surface area contributed by atoms with Crippen molar-refractivity contribution in [1.82, 2.24) is 8.61 Å². The minimum Gasteiger partial charge on any atom is -0.267 e. The zero-order valence-corrected chi connectivity index (χ0v) is 19.2. The number of barbiturate groups is 1. The molecule has 0 bridgehead atoms. The fraction of sp³-hybridized carbons (Fsp3) is 0.190. The predicted octanol–water partition coefficient (Wildman–Crippen LogP) is 5.90. The summed E-state index contributed by atoms with van der Waals surface area (Å²) in [5.74, 6) is -0.245. The van der Waals surface area contributed by atoms with Crippen LogP contribution in [0.2, 0.25) is 10.0 Å². The third kappa shape index (κ3) is 3.24. The summed E-state index contributed by atoms with van der Waals surface area (Å²) in [4.78, 5) is 39.5. The van der Waals surface area contributed by atoms with Gasteiger partial charge in [0.2, 0.25) is 0 Å². The quantitative estimate of drug-likeness (QED) is 0.265. The standard InChI is InChI=1S/C21H16Cl2N2O3S2/c1-3-29-24-19(26)18(20(27)25(21(24)28)30-4-2)17-13-8-6-5-7-12(13)16-14(17)9-11(22)10-15(16)23/h5-10H,3-4H2,1-2H3. The van der Waals surface area contributed by atoms with Gasteiger partial charge in [0.15, 0.2) is 0 Å². The van der Waals surface area contributed by atoms with Crippen LogP contribution in [0.3, 0.4) is 0 Å². The van der Waals surface area contributed by atoms with Crippen LogP contribution in [0.1, 0.15) is 25.0 Å². The lowest BCUT2D eigenvalue weighted by atomic mass is 9.96. The maximum Gasteiger partial charge on any atom is 0.354 e. The lowest BCUT2D eigenvalue weighted by Gasteiger charge is -2.32. The number of hydrogen-bond acceptors (Lipinski definition) is 5. The molecule has 30 heavy (non-hydrogen) atoms. The molecule has 4 amide bonds. The molecule has 1 fully saturated rings. The van der Waals surface area contributed by atoms with E-state index in [1.165, 1.54) is 0 Å². The number of carbonyl (C=O) groups excluding carboxylic acids is 3. The molecule has 2 aromatic carbocycles. The number of rotatable bonds is 4. The Bertz CT molecular complexity index is 1100. The Balaban J connectivity index is 2.05. The third-order valence-electron chi connectivity index (χ3n) is 4.70. The first-order chi connectivity index (χ1) is 14.4. The number of carbonyl (C=O) groups is 3. The van der Waals surface area contributed by atoms with E-state index in [1.807, 2.05) is 38.1 Å². The van der Waals surface area contributed by atoms with Crippen LogP contribution in [-0.4, -0.2) is 38.0 Å². The zero-order chi connectivity index (χ0) is 21.6. The first kappa shape index (κ1) is 21.3. The van der Waals surface area contributed by atoms with Gasteiger partial charge >= 0.3 is 6.03 Å². The number of nitrogens with zero attached hydrogens (tertiary/aromatic N) is 2. The summed E-state index contributed by atoms with van der Waals surface area (Å²) in [6.45, 7) is 3.68. The van der Waals surface area contributed by atoms with Crippen molar-refractivity contribution in [2.75, 3.05) is 11.5 Å². The summed E-state index contributed by atoms with van der Waals surface area (Å²) >= 11 is 14.9. The van der Waals surface area contributed by atoms with Crippen LogP contribution in [0.25, 0.3) is 16.7 Å². The molecule has 0 saturated carbocycles. The first-order valence-electron chi connectivity index (χ1n) is 9.22. The molecule has 0 radical (unpaired) electrons. The number of urea groups is 1. The van der Waals surface area contributed by atoms with Crippen LogP contribution in [-0.2, 0) is 9.59 Å². The highest BCUT2D eigenvalue weighted by atomic mass is 35.5. The van der Waals surface area contributed by atoms with Crippen LogP contribution in [0.15, 0.2) is 42.0 Å². The maximum atomic E-state index is 13.4. The van der Waals surface area contributed by atoms with Gasteiger partial charge in [-0.3, -0.25) is 9.59 Å². The molecular weight excluding hydrogens is 463 g/mol. The largest absolute Gasteiger partial charge is 0.354 e. The van der Waals surface area contributed by atoms with Crippen molar-refractivity contribution < 1.29 is 14.4 Å². The molecule has 5 nitrogen and oxygen atoms in total. The Morgan fingerprint density at radius 1 is 0.800 bits per heavy atom. The molecule has 0 spiro atoms. The fourth-order valence-electron chi connectivity index (χ4n) is 3.63. The lowest BCUT2D eigenvalue weighted by molar-refractivity contribution is -0.129. The number of imide groups is 2. The van der Waals surface area contributed by atoms with Gasteiger partial charge in [0.1, 0.15) is 5.57 Å². The SMILES string of the molecule is CCSN1C(=O)C(=C2c3ccccc3-c3c(Cl)cc(Cl)cc32)C(=O)N(SCC)C1=O. The summed E-state index contributed by atoms with van der Waals surface area (Å²) < 4.78 is 2.11. The minimum absolute atomic E-state index is 0.0546. The predicted molar refractivity (Wildman–Crippen MR) is 123 cm³/mol. The van der Waals surface area contributed by atoms with Gasteiger partial charge in [0.05, 0.1) is 5.02 Å². The Morgan fingerprint density at radius 2 is 1.37 bits per heavy atom. The monoisotopic (exact) mass is 478 g/mol. The van der Waals surface area contributed by atoms with Crippen molar-refractivity contribution in [3.8, 4) is 11.1 Å². The number of amides is 4. The van der Waals surface area contributed by atoms with E-state index in [9.17, 15) is 14.4 Å². The van der Waals surface area contributed by atoms with E-state index in [1.54, 1.807) is 12.1 Å². The molecule has 2 aromatic rings. The first-order valence-corrected chi connectivity index (χ1v) is 11.9. The van der Waals surface area contributed by atoms with Gasteiger partial charge in [-0.15, -0.1) is 0 Å². The number of hydrogen-bond donors (Lipinski definition) is 0. The van der Waals surface area contributed by atoms with Crippen LogP contribution >= 0.6 is 47.1 Å². The van der Waals surface area contributed by atoms with Crippen molar-refractivity contribution in [1.29, 1.82) is 0 Å². The molecule has 0 N–H and O–H groups in total. The van der Waals surface area contributed by atoms with E-state index >= 15 is 0 Å². The molecule has 0 unspecified atom stereocenters. The van der Waals surface area contributed by atoms with E-state index in [-0.39, 0.29) is 5.57 Å². The topological polar surface area (TPSA) is 57.7 Å². The Kier molecular flexibility index (Phi) is 5.90. The van der Waals surface area contributed by atoms with E-state index < -0.39 is 17.8 Å². The van der Waals surface area contributed by atoms with Crippen LogP contribution in [0, 0.1) is 0 Å². The van der Waals surface area contributed by atoms with E-state index in [4.69, 9.17) is 23.2 Å². The molecule has 0 aromatic heterocycles. The number of fused-ring (bicyclic) bond motifs is 3. The van der Waals surface area contributed by atoms with Crippen molar-refractivity contribution in [2.24, 2.45) is 0 Å². The maximum absolute atomic E-state index is 13.4. The normalized spacial score (nSPS) is 15.8. The second kappa shape index (κ2) is 8.30. The molecule has 1 heterocycles. The molecule has 9 heteroatoms. The van der Waals surface area contributed by atoms with Crippen LogP contribution in [0.5, 0.6) is 0 Å². The van der Waals surface area contributed by atoms with Gasteiger partial charge in [-0.1, -0.05) is 61.3 Å². The van der Waals surface area contributed by atoms with Gasteiger partial charge in [0, 0.05) is 27.7 Å². The second-order valence-corrected chi connectivity index (χ2v) is 9.67. The average Bonchev–Trinajstić information content (AvgIpc) is 3.03. The highest BCUT2D eigenvalue weighted by molar-refractivity contribution is 7.99. The Hall–Kier alpha value is -1.93. The molecule has 1 saturated heterocycles. The third-order valence-corrected chi connectivity index (χ3v) is 6.89. The molecule has 1 aliphatic heterocycles. The molecule has 0 atom stereocenters. The van der Waals surface area contributed by atoms with E-state index in [0.717, 1.165) is 43.6 Å². The van der Waals surface area contributed by atoms with Gasteiger partial charge in [-0.2, -0.15) is 8.61 Å². The highest BCUT2D eigenvalue weighted by Gasteiger charge is 2.46. The van der Waals surface area contributed by atoms with Crippen LogP contribution < -0.4 is 0 Å². The minimum atomic E-state index is -0.635. The van der Waals surface area contributed by atoms with Crippen molar-refractivity contribution >= 4 is 70.5 Å². The smallest absolute Gasteiger partial charge is 0.267 e. The van der Waals surface area contributed by atoms with Crippen molar-refractivity contribution in [3.63, 3.8) is 0 Å². The average molecular weight is 479 g/mol. The summed E-state index contributed by atoms with van der Waals surface area (Å²) in [6.07, 6.45) is 0. The van der Waals surface area contributed by atoms with Gasteiger partial charge in [-0.25, -0.2) is 4.79 Å². The summed E-state index contributed by atoms with van der Waals surface area (Å²) in [5.41, 5.74) is 3.27. The lowest BCUT2D eigenvalue weighted by Crippen LogP contribution is -2.51. The second-order valence-electron chi connectivity index (χ2n) is 6.42. The van der Waals surface area contributed by atoms with Gasteiger partial charge in [0.25, 0.3) is 11.8 Å².